The van der Waals surface area contributed by atoms with E-state index in [1.807, 2.05) is 30.3 Å². The molecule has 0 radical (unpaired) electrons. The summed E-state index contributed by atoms with van der Waals surface area (Å²) in [7, 11) is -3.86. The molecule has 5 aromatic rings. The molecule has 0 aliphatic heterocycles. The van der Waals surface area contributed by atoms with E-state index in [1.54, 1.807) is 36.5 Å². The minimum Gasteiger partial charge on any atom is -0.305 e. The second kappa shape index (κ2) is 5.93. The number of aromatic nitrogens is 4. The molecule has 2 N–H and O–H groups in total. The van der Waals surface area contributed by atoms with Crippen LogP contribution in [0.1, 0.15) is 0 Å². The fourth-order valence-corrected chi connectivity index (χ4v) is 4.72. The molecule has 0 unspecified atom stereocenters. The number of hydrogen-bond donors (Lipinski definition) is 2. The van der Waals surface area contributed by atoms with Crippen molar-refractivity contribution in [2.24, 2.45) is 0 Å². The summed E-state index contributed by atoms with van der Waals surface area (Å²) in [6, 6.07) is 17.6. The second-order valence-electron chi connectivity index (χ2n) is 6.35. The molecular formula is C20H14N4O3S. The Morgan fingerprint density at radius 1 is 0.893 bits per heavy atom. The van der Waals surface area contributed by atoms with Crippen molar-refractivity contribution in [3.8, 4) is 11.1 Å². The largest absolute Gasteiger partial charge is 0.323 e. The standard InChI is InChI=1S/C20H14N4O3S/c25-20-22-16-11-21-19-17(18(16)23-20)15(13-7-3-1-4-8-13)12-24(19)28(26,27)14-9-5-2-6-10-14/h1-12H,(H2,22,23,25). The van der Waals surface area contributed by atoms with Crippen molar-refractivity contribution < 1.29 is 8.42 Å². The summed E-state index contributed by atoms with van der Waals surface area (Å²) >= 11 is 0. The average Bonchev–Trinajstić information content (AvgIpc) is 3.29. The summed E-state index contributed by atoms with van der Waals surface area (Å²) in [5.41, 5.74) is 2.42. The first-order chi connectivity index (χ1) is 13.6. The van der Waals surface area contributed by atoms with E-state index in [9.17, 15) is 13.2 Å². The van der Waals surface area contributed by atoms with Gasteiger partial charge in [-0.05, 0) is 17.7 Å². The number of benzene rings is 2. The van der Waals surface area contributed by atoms with E-state index in [0.717, 1.165) is 5.56 Å². The van der Waals surface area contributed by atoms with Crippen LogP contribution >= 0.6 is 0 Å². The zero-order valence-electron chi connectivity index (χ0n) is 14.5. The fourth-order valence-electron chi connectivity index (χ4n) is 3.38. The maximum atomic E-state index is 13.3. The number of H-pyrrole nitrogens is 2. The van der Waals surface area contributed by atoms with E-state index in [2.05, 4.69) is 15.0 Å². The van der Waals surface area contributed by atoms with Crippen LogP contribution in [0.2, 0.25) is 0 Å². The molecule has 0 aliphatic carbocycles. The predicted octanol–water partition coefficient (Wildman–Crippen LogP) is 3.11. The Kier molecular flexibility index (Phi) is 3.50. The summed E-state index contributed by atoms with van der Waals surface area (Å²) in [6.45, 7) is 0. The van der Waals surface area contributed by atoms with Gasteiger partial charge in [-0.2, -0.15) is 0 Å². The maximum absolute atomic E-state index is 13.3. The van der Waals surface area contributed by atoms with Gasteiger partial charge in [0.05, 0.1) is 27.5 Å². The minimum absolute atomic E-state index is 0.163. The number of rotatable bonds is 3. The highest BCUT2D eigenvalue weighted by atomic mass is 32.2. The van der Waals surface area contributed by atoms with Crippen LogP contribution in [0, 0.1) is 0 Å². The van der Waals surface area contributed by atoms with Gasteiger partial charge in [0.25, 0.3) is 10.0 Å². The molecular weight excluding hydrogens is 376 g/mol. The minimum atomic E-state index is -3.86. The van der Waals surface area contributed by atoms with Crippen molar-refractivity contribution in [1.29, 1.82) is 0 Å². The van der Waals surface area contributed by atoms with Crippen LogP contribution in [0.3, 0.4) is 0 Å². The van der Waals surface area contributed by atoms with E-state index < -0.39 is 10.0 Å². The molecule has 0 aliphatic rings. The summed E-state index contributed by atoms with van der Waals surface area (Å²) < 4.78 is 27.7. The van der Waals surface area contributed by atoms with Crippen LogP contribution < -0.4 is 5.69 Å². The van der Waals surface area contributed by atoms with Crippen molar-refractivity contribution in [2.75, 3.05) is 0 Å². The Balaban J connectivity index is 1.92. The van der Waals surface area contributed by atoms with Gasteiger partial charge in [-0.1, -0.05) is 48.5 Å². The number of nitrogens with zero attached hydrogens (tertiary/aromatic N) is 2. The molecule has 0 fully saturated rings. The summed E-state index contributed by atoms with van der Waals surface area (Å²) in [5.74, 6) is 0. The third kappa shape index (κ3) is 2.39. The molecule has 8 heteroatoms. The van der Waals surface area contributed by atoms with Gasteiger partial charge in [-0.15, -0.1) is 0 Å². The molecule has 0 spiro atoms. The monoisotopic (exact) mass is 390 g/mol. The molecule has 5 rings (SSSR count). The van der Waals surface area contributed by atoms with Crippen LogP contribution in [0.5, 0.6) is 0 Å². The Hall–Kier alpha value is -3.65. The lowest BCUT2D eigenvalue weighted by atomic mass is 10.1. The lowest BCUT2D eigenvalue weighted by molar-refractivity contribution is 0.589. The molecule has 7 nitrogen and oxygen atoms in total. The van der Waals surface area contributed by atoms with E-state index >= 15 is 0 Å². The number of fused-ring (bicyclic) bond motifs is 3. The van der Waals surface area contributed by atoms with E-state index in [0.29, 0.717) is 22.0 Å². The first-order valence-corrected chi connectivity index (χ1v) is 9.98. The molecule has 138 valence electrons. The van der Waals surface area contributed by atoms with E-state index in [1.165, 1.54) is 10.2 Å². The van der Waals surface area contributed by atoms with Crippen LogP contribution in [-0.4, -0.2) is 27.3 Å². The highest BCUT2D eigenvalue weighted by Gasteiger charge is 2.24. The fraction of sp³-hybridized carbons (Fsp3) is 0. The van der Waals surface area contributed by atoms with Gasteiger partial charge >= 0.3 is 5.69 Å². The summed E-state index contributed by atoms with van der Waals surface area (Å²) in [4.78, 5) is 21.8. The first-order valence-electron chi connectivity index (χ1n) is 8.54. The highest BCUT2D eigenvalue weighted by Crippen LogP contribution is 2.35. The van der Waals surface area contributed by atoms with Gasteiger partial charge in [-0.25, -0.2) is 22.2 Å². The zero-order valence-corrected chi connectivity index (χ0v) is 15.3. The van der Waals surface area contributed by atoms with Gasteiger partial charge in [0.1, 0.15) is 0 Å². The lowest BCUT2D eigenvalue weighted by Gasteiger charge is -2.06. The smallest absolute Gasteiger partial charge is 0.305 e. The van der Waals surface area contributed by atoms with Crippen LogP contribution in [0.4, 0.5) is 0 Å². The topological polar surface area (TPSA) is 101 Å². The molecule has 0 saturated heterocycles. The first kappa shape index (κ1) is 16.5. The summed E-state index contributed by atoms with van der Waals surface area (Å²) in [6.07, 6.45) is 3.02. The maximum Gasteiger partial charge on any atom is 0.323 e. The number of hydrogen-bond acceptors (Lipinski definition) is 4. The SMILES string of the molecule is O=c1[nH]c2cnc3c(c(-c4ccccc4)cn3S(=O)(=O)c3ccccc3)c2[nH]1. The van der Waals surface area contributed by atoms with Crippen molar-refractivity contribution in [3.63, 3.8) is 0 Å². The number of nitrogens with one attached hydrogen (secondary N) is 2. The molecule has 0 saturated carbocycles. The zero-order chi connectivity index (χ0) is 19.3. The molecule has 2 aromatic carbocycles. The number of aromatic amines is 2. The van der Waals surface area contributed by atoms with Crippen molar-refractivity contribution in [3.05, 3.63) is 83.5 Å². The number of pyridine rings is 1. The molecule has 3 heterocycles. The summed E-state index contributed by atoms with van der Waals surface area (Å²) in [5, 5.41) is 0.571. The molecule has 0 atom stereocenters. The quantitative estimate of drug-likeness (QED) is 0.494. The molecule has 0 bridgehead atoms. The third-order valence-electron chi connectivity index (χ3n) is 4.65. The van der Waals surface area contributed by atoms with Gasteiger partial charge in [0.15, 0.2) is 5.65 Å². The van der Waals surface area contributed by atoms with E-state index in [-0.39, 0.29) is 16.2 Å². The Labute approximate surface area is 159 Å². The molecule has 0 amide bonds. The lowest BCUT2D eigenvalue weighted by Crippen LogP contribution is -2.12. The molecule has 28 heavy (non-hydrogen) atoms. The predicted molar refractivity (Wildman–Crippen MR) is 107 cm³/mol. The van der Waals surface area contributed by atoms with Gasteiger partial charge in [-0.3, -0.25) is 0 Å². The van der Waals surface area contributed by atoms with Crippen molar-refractivity contribution >= 4 is 32.1 Å². The van der Waals surface area contributed by atoms with Crippen LogP contribution in [0.25, 0.3) is 33.2 Å². The second-order valence-corrected chi connectivity index (χ2v) is 8.16. The normalized spacial score (nSPS) is 12.0. The highest BCUT2D eigenvalue weighted by molar-refractivity contribution is 7.90. The number of imidazole rings is 1. The van der Waals surface area contributed by atoms with Gasteiger partial charge < -0.3 is 9.97 Å². The average molecular weight is 390 g/mol. The third-order valence-corrected chi connectivity index (χ3v) is 6.32. The van der Waals surface area contributed by atoms with Gasteiger partial charge in [0, 0.05) is 11.8 Å². The van der Waals surface area contributed by atoms with E-state index in [4.69, 9.17) is 0 Å². The Morgan fingerprint density at radius 2 is 1.57 bits per heavy atom. The Morgan fingerprint density at radius 3 is 2.29 bits per heavy atom. The molecule has 3 aromatic heterocycles. The van der Waals surface area contributed by atoms with Crippen molar-refractivity contribution in [1.82, 2.24) is 18.9 Å². The van der Waals surface area contributed by atoms with Crippen molar-refractivity contribution in [2.45, 2.75) is 4.90 Å². The van der Waals surface area contributed by atoms with Gasteiger partial charge in [0.2, 0.25) is 0 Å². The Bertz CT molecular complexity index is 1480. The van der Waals surface area contributed by atoms with Crippen LogP contribution in [-0.2, 0) is 10.0 Å². The van der Waals surface area contributed by atoms with Crippen LogP contribution in [0.15, 0.2) is 82.7 Å².